The van der Waals surface area contributed by atoms with E-state index in [0.717, 1.165) is 21.7 Å². The number of rotatable bonds is 2. The van der Waals surface area contributed by atoms with Gasteiger partial charge >= 0.3 is 0 Å². The Bertz CT molecular complexity index is 836. The van der Waals surface area contributed by atoms with Crippen molar-refractivity contribution in [3.05, 3.63) is 76.7 Å². The highest BCUT2D eigenvalue weighted by Crippen LogP contribution is 2.50. The second-order valence-corrected chi connectivity index (χ2v) is 6.38. The summed E-state index contributed by atoms with van der Waals surface area (Å²) in [5, 5.41) is 24.9. The summed E-state index contributed by atoms with van der Waals surface area (Å²) in [6, 6.07) is 15.3. The van der Waals surface area contributed by atoms with E-state index in [0.29, 0.717) is 0 Å². The molecule has 1 aliphatic heterocycles. The van der Waals surface area contributed by atoms with Crippen LogP contribution in [0.2, 0.25) is 0 Å². The van der Waals surface area contributed by atoms with Crippen LogP contribution in [-0.4, -0.2) is 16.1 Å². The number of aromatic hydroxyl groups is 2. The number of carbonyl (C=O) groups excluding carboxylic acids is 1. The van der Waals surface area contributed by atoms with E-state index in [-0.39, 0.29) is 17.4 Å². The van der Waals surface area contributed by atoms with Crippen molar-refractivity contribution in [1.82, 2.24) is 0 Å². The molecule has 0 radical (unpaired) electrons. The molecule has 1 aliphatic rings. The van der Waals surface area contributed by atoms with Gasteiger partial charge in [0, 0.05) is 5.56 Å². The van der Waals surface area contributed by atoms with Gasteiger partial charge in [-0.3, -0.25) is 4.79 Å². The number of hydrogen-bond acceptors (Lipinski definition) is 4. The van der Waals surface area contributed by atoms with Gasteiger partial charge in [0.25, 0.3) is 0 Å². The standard InChI is InChI=1S/C18H13NO3S/c20-13-5-1-11(2-6-13)18(12-3-7-14(21)8-4-12)15-9-10-23-16(15)19-17(18)22/h1-10,20-21H,(H,19,22). The number of phenolic OH excluding ortho intramolecular Hbond substituents is 2. The molecule has 0 atom stereocenters. The molecule has 0 fully saturated rings. The van der Waals surface area contributed by atoms with Gasteiger partial charge < -0.3 is 15.5 Å². The van der Waals surface area contributed by atoms with Crippen LogP contribution in [0.25, 0.3) is 0 Å². The van der Waals surface area contributed by atoms with Crippen molar-refractivity contribution >= 4 is 22.2 Å². The number of thiophene rings is 1. The fraction of sp³-hybridized carbons (Fsp3) is 0.0556. The van der Waals surface area contributed by atoms with E-state index >= 15 is 0 Å². The Morgan fingerprint density at radius 1 is 0.826 bits per heavy atom. The number of amides is 1. The number of benzene rings is 2. The average molecular weight is 323 g/mol. The summed E-state index contributed by atoms with van der Waals surface area (Å²) in [5.74, 6) is 0.174. The molecule has 0 unspecified atom stereocenters. The minimum atomic E-state index is -0.975. The van der Waals surface area contributed by atoms with E-state index in [1.165, 1.54) is 11.3 Å². The Balaban J connectivity index is 2.04. The van der Waals surface area contributed by atoms with Gasteiger partial charge in [0.05, 0.1) is 5.00 Å². The molecule has 0 bridgehead atoms. The second kappa shape index (κ2) is 4.86. The lowest BCUT2D eigenvalue weighted by Gasteiger charge is -2.28. The third-order valence-corrected chi connectivity index (χ3v) is 5.07. The van der Waals surface area contributed by atoms with E-state index in [4.69, 9.17) is 0 Å². The number of anilines is 1. The Hall–Kier alpha value is -2.79. The van der Waals surface area contributed by atoms with E-state index in [2.05, 4.69) is 5.32 Å². The maximum Gasteiger partial charge on any atom is 0.244 e. The molecule has 4 rings (SSSR count). The van der Waals surface area contributed by atoms with Crippen LogP contribution in [0.4, 0.5) is 5.00 Å². The van der Waals surface area contributed by atoms with Crippen LogP contribution in [-0.2, 0) is 10.2 Å². The fourth-order valence-corrected chi connectivity index (χ4v) is 4.02. The molecule has 2 aromatic carbocycles. The van der Waals surface area contributed by atoms with Crippen LogP contribution in [0.15, 0.2) is 60.0 Å². The first-order chi connectivity index (χ1) is 11.1. The summed E-state index contributed by atoms with van der Waals surface area (Å²) in [7, 11) is 0. The quantitative estimate of drug-likeness (QED) is 0.676. The molecule has 1 amide bonds. The van der Waals surface area contributed by atoms with E-state index < -0.39 is 5.41 Å². The van der Waals surface area contributed by atoms with Gasteiger partial charge in [0.1, 0.15) is 16.9 Å². The maximum absolute atomic E-state index is 13.0. The Morgan fingerprint density at radius 3 is 1.87 bits per heavy atom. The molecule has 1 aromatic heterocycles. The molecule has 2 heterocycles. The van der Waals surface area contributed by atoms with Crippen molar-refractivity contribution in [2.24, 2.45) is 0 Å². The number of hydrogen-bond donors (Lipinski definition) is 3. The van der Waals surface area contributed by atoms with Crippen molar-refractivity contribution < 1.29 is 15.0 Å². The van der Waals surface area contributed by atoms with Gasteiger partial charge in [-0.2, -0.15) is 0 Å². The molecule has 23 heavy (non-hydrogen) atoms. The molecule has 114 valence electrons. The molecular formula is C18H13NO3S. The van der Waals surface area contributed by atoms with E-state index in [1.54, 1.807) is 48.5 Å². The maximum atomic E-state index is 13.0. The van der Waals surface area contributed by atoms with Crippen molar-refractivity contribution in [2.75, 3.05) is 5.32 Å². The molecular weight excluding hydrogens is 310 g/mol. The lowest BCUT2D eigenvalue weighted by Crippen LogP contribution is -2.36. The van der Waals surface area contributed by atoms with E-state index in [9.17, 15) is 15.0 Å². The van der Waals surface area contributed by atoms with Crippen LogP contribution < -0.4 is 5.32 Å². The second-order valence-electron chi connectivity index (χ2n) is 5.46. The van der Waals surface area contributed by atoms with E-state index in [1.807, 2.05) is 11.4 Å². The zero-order chi connectivity index (χ0) is 16.0. The number of fused-ring (bicyclic) bond motifs is 1. The molecule has 0 saturated heterocycles. The minimum Gasteiger partial charge on any atom is -0.508 e. The summed E-state index contributed by atoms with van der Waals surface area (Å²) in [6.45, 7) is 0. The lowest BCUT2D eigenvalue weighted by atomic mass is 9.71. The first kappa shape index (κ1) is 13.8. The first-order valence-corrected chi connectivity index (χ1v) is 7.99. The highest BCUT2D eigenvalue weighted by atomic mass is 32.1. The molecule has 3 aromatic rings. The first-order valence-electron chi connectivity index (χ1n) is 7.11. The summed E-state index contributed by atoms with van der Waals surface area (Å²) < 4.78 is 0. The molecule has 0 aliphatic carbocycles. The number of phenols is 2. The van der Waals surface area contributed by atoms with Crippen molar-refractivity contribution in [1.29, 1.82) is 0 Å². The van der Waals surface area contributed by atoms with Crippen molar-refractivity contribution in [3.8, 4) is 11.5 Å². The van der Waals surface area contributed by atoms with Gasteiger partial charge in [-0.15, -0.1) is 11.3 Å². The topological polar surface area (TPSA) is 69.6 Å². The van der Waals surface area contributed by atoms with Crippen LogP contribution in [0.3, 0.4) is 0 Å². The predicted molar refractivity (Wildman–Crippen MR) is 89.0 cm³/mol. The molecule has 4 nitrogen and oxygen atoms in total. The summed E-state index contributed by atoms with van der Waals surface area (Å²) in [6.07, 6.45) is 0. The fourth-order valence-electron chi connectivity index (χ4n) is 3.18. The lowest BCUT2D eigenvalue weighted by molar-refractivity contribution is -0.118. The third-order valence-electron chi connectivity index (χ3n) is 4.24. The Morgan fingerprint density at radius 2 is 1.35 bits per heavy atom. The normalized spacial score (nSPS) is 15.2. The SMILES string of the molecule is O=C1Nc2sccc2C1(c1ccc(O)cc1)c1ccc(O)cc1. The summed E-state index contributed by atoms with van der Waals surface area (Å²) in [4.78, 5) is 13.0. The Kier molecular flexibility index (Phi) is 2.92. The minimum absolute atomic E-state index is 0.129. The molecule has 3 N–H and O–H groups in total. The number of carbonyl (C=O) groups is 1. The molecule has 0 spiro atoms. The van der Waals surface area contributed by atoms with Crippen LogP contribution >= 0.6 is 11.3 Å². The van der Waals surface area contributed by atoms with Gasteiger partial charge in [-0.1, -0.05) is 24.3 Å². The summed E-state index contributed by atoms with van der Waals surface area (Å²) >= 11 is 1.48. The zero-order valence-corrected chi connectivity index (χ0v) is 12.8. The van der Waals surface area contributed by atoms with Crippen LogP contribution in [0.5, 0.6) is 11.5 Å². The average Bonchev–Trinajstić information content (AvgIpc) is 3.09. The van der Waals surface area contributed by atoms with Gasteiger partial charge in [0.15, 0.2) is 0 Å². The molecule has 0 saturated carbocycles. The monoisotopic (exact) mass is 323 g/mol. The largest absolute Gasteiger partial charge is 0.508 e. The highest BCUT2D eigenvalue weighted by Gasteiger charge is 2.50. The number of nitrogens with one attached hydrogen (secondary N) is 1. The Labute approximate surface area is 136 Å². The highest BCUT2D eigenvalue weighted by molar-refractivity contribution is 7.14. The van der Waals surface area contributed by atoms with Crippen LogP contribution in [0, 0.1) is 0 Å². The van der Waals surface area contributed by atoms with Crippen molar-refractivity contribution in [3.63, 3.8) is 0 Å². The van der Waals surface area contributed by atoms with Crippen LogP contribution in [0.1, 0.15) is 16.7 Å². The molecule has 5 heteroatoms. The van der Waals surface area contributed by atoms with Gasteiger partial charge in [0.2, 0.25) is 5.91 Å². The van der Waals surface area contributed by atoms with Gasteiger partial charge in [-0.05, 0) is 46.8 Å². The zero-order valence-electron chi connectivity index (χ0n) is 12.0. The smallest absolute Gasteiger partial charge is 0.244 e. The van der Waals surface area contributed by atoms with Gasteiger partial charge in [-0.25, -0.2) is 0 Å². The predicted octanol–water partition coefficient (Wildman–Crippen LogP) is 3.45. The third kappa shape index (κ3) is 1.87. The summed E-state index contributed by atoms with van der Waals surface area (Å²) in [5.41, 5.74) is 1.46. The van der Waals surface area contributed by atoms with Crippen molar-refractivity contribution in [2.45, 2.75) is 5.41 Å².